The van der Waals surface area contributed by atoms with Crippen LogP contribution in [0.4, 0.5) is 5.82 Å². The number of hydrogen-bond acceptors (Lipinski definition) is 6. The number of amides is 1. The van der Waals surface area contributed by atoms with E-state index in [-0.39, 0.29) is 28.9 Å². The number of sulfone groups is 1. The highest BCUT2D eigenvalue weighted by atomic mass is 32.2. The molecule has 3 rings (SSSR count). The fourth-order valence-corrected chi connectivity index (χ4v) is 5.32. The number of nitrogens with zero attached hydrogens (tertiary/aromatic N) is 3. The SMILES string of the molecule is Cc1cc(NC(=O)c2cnc(C(C)(C)C)s2)n(C2CCS(=O)(=O)C2)n1. The maximum atomic E-state index is 12.6. The van der Waals surface area contributed by atoms with Gasteiger partial charge in [-0.05, 0) is 13.3 Å². The van der Waals surface area contributed by atoms with Gasteiger partial charge in [0.05, 0.1) is 34.4 Å². The average molecular weight is 383 g/mol. The Morgan fingerprint density at radius 2 is 2.12 bits per heavy atom. The third-order valence-corrected chi connectivity index (χ3v) is 7.20. The average Bonchev–Trinajstić information content (AvgIpc) is 3.16. The van der Waals surface area contributed by atoms with Crippen LogP contribution < -0.4 is 5.32 Å². The smallest absolute Gasteiger partial charge is 0.268 e. The van der Waals surface area contributed by atoms with Crippen molar-refractivity contribution in [1.82, 2.24) is 14.8 Å². The van der Waals surface area contributed by atoms with E-state index in [1.54, 1.807) is 16.9 Å². The van der Waals surface area contributed by atoms with Crippen LogP contribution in [0, 0.1) is 6.92 Å². The summed E-state index contributed by atoms with van der Waals surface area (Å²) in [4.78, 5) is 17.4. The first kappa shape index (κ1) is 18.1. The molecule has 136 valence electrons. The number of aryl methyl sites for hydroxylation is 1. The van der Waals surface area contributed by atoms with Gasteiger partial charge < -0.3 is 5.32 Å². The summed E-state index contributed by atoms with van der Waals surface area (Å²) >= 11 is 1.36. The summed E-state index contributed by atoms with van der Waals surface area (Å²) in [6.07, 6.45) is 2.09. The maximum absolute atomic E-state index is 12.6. The normalized spacial score (nSPS) is 19.9. The van der Waals surface area contributed by atoms with Crippen molar-refractivity contribution in [2.24, 2.45) is 0 Å². The molecular formula is C16H22N4O3S2. The van der Waals surface area contributed by atoms with Gasteiger partial charge in [0.1, 0.15) is 10.7 Å². The van der Waals surface area contributed by atoms with Crippen LogP contribution in [0.1, 0.15) is 53.6 Å². The van der Waals surface area contributed by atoms with Crippen molar-refractivity contribution in [1.29, 1.82) is 0 Å². The van der Waals surface area contributed by atoms with Crippen molar-refractivity contribution >= 4 is 32.9 Å². The molecular weight excluding hydrogens is 360 g/mol. The van der Waals surface area contributed by atoms with E-state index in [4.69, 9.17) is 0 Å². The number of thiazole rings is 1. The first-order valence-electron chi connectivity index (χ1n) is 8.09. The molecule has 1 N–H and O–H groups in total. The maximum Gasteiger partial charge on any atom is 0.268 e. The van der Waals surface area contributed by atoms with Crippen molar-refractivity contribution in [2.75, 3.05) is 16.8 Å². The highest BCUT2D eigenvalue weighted by Crippen LogP contribution is 2.29. The molecule has 1 amide bonds. The van der Waals surface area contributed by atoms with Crippen LogP contribution in [0.25, 0.3) is 0 Å². The van der Waals surface area contributed by atoms with Crippen LogP contribution in [0.2, 0.25) is 0 Å². The molecule has 3 heterocycles. The predicted molar refractivity (Wildman–Crippen MR) is 98.0 cm³/mol. The minimum atomic E-state index is -3.03. The lowest BCUT2D eigenvalue weighted by atomic mass is 9.98. The first-order chi connectivity index (χ1) is 11.5. The van der Waals surface area contributed by atoms with E-state index < -0.39 is 9.84 Å². The minimum Gasteiger partial charge on any atom is -0.306 e. The Morgan fingerprint density at radius 3 is 2.68 bits per heavy atom. The number of hydrogen-bond donors (Lipinski definition) is 1. The Labute approximate surface area is 151 Å². The molecule has 1 aliphatic heterocycles. The van der Waals surface area contributed by atoms with Gasteiger partial charge in [0.25, 0.3) is 5.91 Å². The molecule has 1 saturated heterocycles. The second-order valence-corrected chi connectivity index (χ2v) is 10.7. The summed E-state index contributed by atoms with van der Waals surface area (Å²) in [6.45, 7) is 7.96. The summed E-state index contributed by atoms with van der Waals surface area (Å²) in [6, 6.07) is 1.52. The van der Waals surface area contributed by atoms with E-state index in [1.807, 2.05) is 27.7 Å². The molecule has 7 nitrogen and oxygen atoms in total. The van der Waals surface area contributed by atoms with Crippen LogP contribution in [0.5, 0.6) is 0 Å². The molecule has 0 radical (unpaired) electrons. The quantitative estimate of drug-likeness (QED) is 0.880. The summed E-state index contributed by atoms with van der Waals surface area (Å²) < 4.78 is 25.1. The molecule has 1 fully saturated rings. The Morgan fingerprint density at radius 1 is 1.40 bits per heavy atom. The molecule has 0 spiro atoms. The minimum absolute atomic E-state index is 0.0612. The van der Waals surface area contributed by atoms with Gasteiger partial charge in [-0.15, -0.1) is 11.3 Å². The van der Waals surface area contributed by atoms with Gasteiger partial charge in [0.15, 0.2) is 9.84 Å². The number of carbonyl (C=O) groups excluding carboxylic acids is 1. The molecule has 1 aliphatic rings. The van der Waals surface area contributed by atoms with Crippen LogP contribution in [0.3, 0.4) is 0 Å². The molecule has 1 atom stereocenters. The lowest BCUT2D eigenvalue weighted by Gasteiger charge is -2.14. The number of nitrogens with one attached hydrogen (secondary N) is 1. The molecule has 1 unspecified atom stereocenters. The fourth-order valence-electron chi connectivity index (χ4n) is 2.76. The van der Waals surface area contributed by atoms with E-state index in [0.717, 1.165) is 10.7 Å². The lowest BCUT2D eigenvalue weighted by molar-refractivity contribution is 0.102. The first-order valence-corrected chi connectivity index (χ1v) is 10.7. The Bertz CT molecular complexity index is 906. The van der Waals surface area contributed by atoms with Gasteiger partial charge in [-0.25, -0.2) is 18.1 Å². The van der Waals surface area contributed by atoms with Gasteiger partial charge in [0.2, 0.25) is 0 Å². The van der Waals surface area contributed by atoms with E-state index in [1.165, 1.54) is 11.3 Å². The van der Waals surface area contributed by atoms with Crippen molar-refractivity contribution in [3.05, 3.63) is 27.8 Å². The monoisotopic (exact) mass is 382 g/mol. The Hall–Kier alpha value is -1.74. The summed E-state index contributed by atoms with van der Waals surface area (Å²) in [5.41, 5.74) is 0.624. The van der Waals surface area contributed by atoms with E-state index >= 15 is 0 Å². The predicted octanol–water partition coefficient (Wildman–Crippen LogP) is 2.56. The van der Waals surface area contributed by atoms with Gasteiger partial charge in [-0.1, -0.05) is 20.8 Å². The van der Waals surface area contributed by atoms with Gasteiger partial charge in [0, 0.05) is 11.5 Å². The standard InChI is InChI=1S/C16H22N4O3S2/c1-10-7-13(20(19-10)11-5-6-25(22,23)9-11)18-14(21)12-8-17-15(24-12)16(2,3)4/h7-8,11H,5-6,9H2,1-4H3,(H,18,21). The van der Waals surface area contributed by atoms with Gasteiger partial charge >= 0.3 is 0 Å². The van der Waals surface area contributed by atoms with Crippen molar-refractivity contribution in [2.45, 2.75) is 45.6 Å². The van der Waals surface area contributed by atoms with Crippen LogP contribution in [0.15, 0.2) is 12.3 Å². The zero-order valence-corrected chi connectivity index (χ0v) is 16.4. The van der Waals surface area contributed by atoms with Gasteiger partial charge in [-0.2, -0.15) is 5.10 Å². The highest BCUT2D eigenvalue weighted by molar-refractivity contribution is 7.91. The summed E-state index contributed by atoms with van der Waals surface area (Å²) in [5.74, 6) is 0.491. The van der Waals surface area contributed by atoms with Crippen molar-refractivity contribution < 1.29 is 13.2 Å². The van der Waals surface area contributed by atoms with E-state index in [2.05, 4.69) is 15.4 Å². The lowest BCUT2D eigenvalue weighted by Crippen LogP contribution is -2.19. The third-order valence-electron chi connectivity index (χ3n) is 4.02. The van der Waals surface area contributed by atoms with E-state index in [9.17, 15) is 13.2 Å². The molecule has 2 aromatic heterocycles. The molecule has 0 bridgehead atoms. The number of aromatic nitrogens is 3. The fraction of sp³-hybridized carbons (Fsp3) is 0.562. The number of anilines is 1. The second-order valence-electron chi connectivity index (χ2n) is 7.41. The Balaban J connectivity index is 1.81. The van der Waals surface area contributed by atoms with Crippen LogP contribution in [-0.2, 0) is 15.3 Å². The third kappa shape index (κ3) is 3.92. The molecule has 0 aromatic carbocycles. The van der Waals surface area contributed by atoms with Gasteiger partial charge in [-0.3, -0.25) is 4.79 Å². The molecule has 9 heteroatoms. The zero-order valence-electron chi connectivity index (χ0n) is 14.7. The topological polar surface area (TPSA) is 94.0 Å². The zero-order chi connectivity index (χ0) is 18.4. The molecule has 0 saturated carbocycles. The second kappa shape index (κ2) is 6.21. The number of carbonyl (C=O) groups is 1. The van der Waals surface area contributed by atoms with Crippen molar-refractivity contribution in [3.63, 3.8) is 0 Å². The summed E-state index contributed by atoms with van der Waals surface area (Å²) in [5, 5.41) is 8.12. The highest BCUT2D eigenvalue weighted by Gasteiger charge is 2.31. The largest absolute Gasteiger partial charge is 0.306 e. The van der Waals surface area contributed by atoms with E-state index in [0.29, 0.717) is 17.1 Å². The van der Waals surface area contributed by atoms with Crippen molar-refractivity contribution in [3.8, 4) is 0 Å². The molecule has 2 aromatic rings. The van der Waals surface area contributed by atoms with Crippen LogP contribution in [-0.4, -0.2) is 40.6 Å². The Kier molecular flexibility index (Phi) is 4.48. The number of rotatable bonds is 3. The summed E-state index contributed by atoms with van der Waals surface area (Å²) in [7, 11) is -3.03. The molecule has 0 aliphatic carbocycles. The van der Waals surface area contributed by atoms with Crippen LogP contribution >= 0.6 is 11.3 Å². The molecule has 25 heavy (non-hydrogen) atoms.